The molecule has 0 spiro atoms. The lowest BCUT2D eigenvalue weighted by molar-refractivity contribution is 0.668. The van der Waals surface area contributed by atoms with Crippen LogP contribution in [0.15, 0.2) is 46.9 Å². The van der Waals surface area contributed by atoms with Crippen LogP contribution in [-0.2, 0) is 0 Å². The monoisotopic (exact) mass is 167 g/mol. The molecular formula is C12H7O. The highest BCUT2D eigenvalue weighted by molar-refractivity contribution is 6.04. The third-order valence-corrected chi connectivity index (χ3v) is 2.21. The number of hydrogen-bond acceptors (Lipinski definition) is 1. The number of para-hydroxylation sites is 2. The van der Waals surface area contributed by atoms with Crippen molar-refractivity contribution in [3.05, 3.63) is 48.5 Å². The summed E-state index contributed by atoms with van der Waals surface area (Å²) < 4.78 is 5.60. The van der Waals surface area contributed by atoms with Gasteiger partial charge in [-0.25, -0.2) is 0 Å². The number of rotatable bonds is 0. The maximum atomic E-state index is 5.60. The Morgan fingerprint density at radius 2 is 1.77 bits per heavy atom. The highest BCUT2D eigenvalue weighted by atomic mass is 16.3. The molecule has 0 bridgehead atoms. The second kappa shape index (κ2) is 2.36. The highest BCUT2D eigenvalue weighted by Crippen LogP contribution is 2.27. The minimum Gasteiger partial charge on any atom is -0.455 e. The number of hydrogen-bond donors (Lipinski definition) is 0. The van der Waals surface area contributed by atoms with Crippen LogP contribution in [0.2, 0.25) is 0 Å². The first-order chi connectivity index (χ1) is 6.45. The molecule has 0 aliphatic heterocycles. The maximum Gasteiger partial charge on any atom is 0.143 e. The van der Waals surface area contributed by atoms with Crippen molar-refractivity contribution in [2.24, 2.45) is 0 Å². The zero-order chi connectivity index (χ0) is 8.67. The molecule has 61 valence electrons. The van der Waals surface area contributed by atoms with E-state index in [1.165, 1.54) is 0 Å². The molecule has 0 aliphatic rings. The average Bonchev–Trinajstić information content (AvgIpc) is 2.56. The lowest BCUT2D eigenvalue weighted by Crippen LogP contribution is -1.63. The van der Waals surface area contributed by atoms with Crippen LogP contribution >= 0.6 is 0 Å². The highest BCUT2D eigenvalue weighted by Gasteiger charge is 2.03. The van der Waals surface area contributed by atoms with Crippen LogP contribution in [0.5, 0.6) is 0 Å². The molecule has 0 N–H and O–H groups in total. The van der Waals surface area contributed by atoms with E-state index < -0.39 is 0 Å². The largest absolute Gasteiger partial charge is 0.455 e. The molecule has 0 fully saturated rings. The average molecular weight is 167 g/mol. The van der Waals surface area contributed by atoms with Crippen LogP contribution in [0.4, 0.5) is 0 Å². The second-order valence-electron chi connectivity index (χ2n) is 3.01. The van der Waals surface area contributed by atoms with Gasteiger partial charge in [-0.2, -0.15) is 0 Å². The van der Waals surface area contributed by atoms with Gasteiger partial charge in [-0.3, -0.25) is 0 Å². The molecule has 0 saturated carbocycles. The maximum absolute atomic E-state index is 5.60. The third-order valence-electron chi connectivity index (χ3n) is 2.21. The van der Waals surface area contributed by atoms with Gasteiger partial charge in [0, 0.05) is 16.8 Å². The fourth-order valence-electron chi connectivity index (χ4n) is 1.61. The molecule has 1 heterocycles. The van der Waals surface area contributed by atoms with Crippen molar-refractivity contribution in [3.8, 4) is 0 Å². The van der Waals surface area contributed by atoms with E-state index in [0.717, 1.165) is 21.9 Å². The van der Waals surface area contributed by atoms with Gasteiger partial charge >= 0.3 is 0 Å². The molecule has 1 nitrogen and oxygen atoms in total. The predicted molar refractivity (Wildman–Crippen MR) is 52.6 cm³/mol. The summed E-state index contributed by atoms with van der Waals surface area (Å²) in [6.07, 6.45) is 0. The molecule has 0 aliphatic carbocycles. The topological polar surface area (TPSA) is 13.1 Å². The van der Waals surface area contributed by atoms with Crippen molar-refractivity contribution in [1.29, 1.82) is 0 Å². The van der Waals surface area contributed by atoms with Crippen molar-refractivity contribution in [3.63, 3.8) is 0 Å². The number of fused-ring (bicyclic) bond motifs is 3. The van der Waals surface area contributed by atoms with Gasteiger partial charge in [0.25, 0.3) is 0 Å². The Kier molecular flexibility index (Phi) is 1.22. The van der Waals surface area contributed by atoms with Crippen molar-refractivity contribution >= 4 is 21.9 Å². The van der Waals surface area contributed by atoms with E-state index in [0.29, 0.717) is 0 Å². The summed E-state index contributed by atoms with van der Waals surface area (Å²) in [5, 5.41) is 2.30. The zero-order valence-corrected chi connectivity index (χ0v) is 6.95. The van der Waals surface area contributed by atoms with E-state index in [1.807, 2.05) is 30.3 Å². The van der Waals surface area contributed by atoms with Gasteiger partial charge in [0.2, 0.25) is 0 Å². The molecule has 1 aromatic heterocycles. The molecule has 2 aromatic carbocycles. The van der Waals surface area contributed by atoms with Gasteiger partial charge in [0.15, 0.2) is 0 Å². The first kappa shape index (κ1) is 6.72. The molecule has 13 heavy (non-hydrogen) atoms. The molecule has 3 rings (SSSR count). The smallest absolute Gasteiger partial charge is 0.143 e. The molecular weight excluding hydrogens is 160 g/mol. The van der Waals surface area contributed by atoms with E-state index in [9.17, 15) is 0 Å². The molecule has 1 heteroatoms. The van der Waals surface area contributed by atoms with E-state index in [2.05, 4.69) is 18.2 Å². The van der Waals surface area contributed by atoms with Gasteiger partial charge < -0.3 is 4.42 Å². The van der Waals surface area contributed by atoms with Gasteiger partial charge in [-0.1, -0.05) is 36.4 Å². The summed E-state index contributed by atoms with van der Waals surface area (Å²) in [7, 11) is 0. The van der Waals surface area contributed by atoms with Crippen molar-refractivity contribution < 1.29 is 4.42 Å². The predicted octanol–water partition coefficient (Wildman–Crippen LogP) is 3.39. The Hall–Kier alpha value is -1.76. The van der Waals surface area contributed by atoms with Gasteiger partial charge in [0.1, 0.15) is 11.2 Å². The summed E-state index contributed by atoms with van der Waals surface area (Å²) in [6, 6.07) is 17.0. The van der Waals surface area contributed by atoms with Crippen LogP contribution < -0.4 is 0 Å². The Labute approximate surface area is 75.6 Å². The number of furan rings is 1. The third kappa shape index (κ3) is 0.872. The van der Waals surface area contributed by atoms with Gasteiger partial charge in [0.05, 0.1) is 0 Å². The lowest BCUT2D eigenvalue weighted by Gasteiger charge is -1.84. The normalized spacial score (nSPS) is 11.1. The molecule has 3 aromatic rings. The van der Waals surface area contributed by atoms with Crippen LogP contribution in [0.25, 0.3) is 21.9 Å². The summed E-state index contributed by atoms with van der Waals surface area (Å²) >= 11 is 0. The van der Waals surface area contributed by atoms with Crippen LogP contribution in [0, 0.1) is 6.07 Å². The first-order valence-corrected chi connectivity index (χ1v) is 4.23. The quantitative estimate of drug-likeness (QED) is 0.500. The standard InChI is InChI=1S/C12H7O/c1-3-7-11-9(5-1)10-6-2-4-8-12(10)13-11/h1-7H. The van der Waals surface area contributed by atoms with Crippen molar-refractivity contribution in [2.75, 3.05) is 0 Å². The number of benzene rings is 2. The fraction of sp³-hybridized carbons (Fsp3) is 0. The Bertz CT molecular complexity index is 513. The summed E-state index contributed by atoms with van der Waals surface area (Å²) in [5.41, 5.74) is 1.77. The SMILES string of the molecule is [c]1cccc2c1oc1ccccc12. The molecule has 1 radical (unpaired) electrons. The summed E-state index contributed by atoms with van der Waals surface area (Å²) in [6.45, 7) is 0. The van der Waals surface area contributed by atoms with E-state index in [1.54, 1.807) is 0 Å². The van der Waals surface area contributed by atoms with Gasteiger partial charge in [-0.05, 0) is 6.07 Å². The Morgan fingerprint density at radius 3 is 2.77 bits per heavy atom. The molecule has 0 amide bonds. The molecule has 0 saturated heterocycles. The lowest BCUT2D eigenvalue weighted by atomic mass is 10.2. The van der Waals surface area contributed by atoms with E-state index in [4.69, 9.17) is 4.42 Å². The molecule has 0 atom stereocenters. The summed E-state index contributed by atoms with van der Waals surface area (Å²) in [4.78, 5) is 0. The van der Waals surface area contributed by atoms with Crippen molar-refractivity contribution in [2.45, 2.75) is 0 Å². The van der Waals surface area contributed by atoms with Crippen LogP contribution in [0.1, 0.15) is 0 Å². The fourth-order valence-corrected chi connectivity index (χ4v) is 1.61. The Balaban J connectivity index is 2.64. The van der Waals surface area contributed by atoms with Crippen molar-refractivity contribution in [1.82, 2.24) is 0 Å². The summed E-state index contributed by atoms with van der Waals surface area (Å²) in [5.74, 6) is 0. The minimum atomic E-state index is 0.837. The van der Waals surface area contributed by atoms with Gasteiger partial charge in [-0.15, -0.1) is 0 Å². The first-order valence-electron chi connectivity index (χ1n) is 4.23. The zero-order valence-electron chi connectivity index (χ0n) is 6.95. The Morgan fingerprint density at radius 1 is 0.923 bits per heavy atom. The van der Waals surface area contributed by atoms with Crippen LogP contribution in [0.3, 0.4) is 0 Å². The second-order valence-corrected chi connectivity index (χ2v) is 3.01. The van der Waals surface area contributed by atoms with Crippen LogP contribution in [-0.4, -0.2) is 0 Å². The van der Waals surface area contributed by atoms with E-state index in [-0.39, 0.29) is 0 Å². The van der Waals surface area contributed by atoms with E-state index >= 15 is 0 Å². The molecule has 0 unspecified atom stereocenters. The minimum absolute atomic E-state index is 0.837.